The van der Waals surface area contributed by atoms with E-state index >= 15 is 0 Å². The van der Waals surface area contributed by atoms with Crippen molar-refractivity contribution < 1.29 is 27.7 Å². The van der Waals surface area contributed by atoms with Gasteiger partial charge in [-0.05, 0) is 12.8 Å². The number of rotatable bonds is 10. The molecule has 124 valence electrons. The summed E-state index contributed by atoms with van der Waals surface area (Å²) in [6.07, 6.45) is 9.18. The fourth-order valence-electron chi connectivity index (χ4n) is 1.78. The zero-order valence-corrected chi connectivity index (χ0v) is 13.3. The molecule has 2 unspecified atom stereocenters. The molecule has 0 spiro atoms. The van der Waals surface area contributed by atoms with Gasteiger partial charge < -0.3 is 10.2 Å². The van der Waals surface area contributed by atoms with E-state index in [2.05, 4.69) is 6.92 Å². The van der Waals surface area contributed by atoms with Gasteiger partial charge in [0.1, 0.15) is 0 Å². The highest BCUT2D eigenvalue weighted by Gasteiger charge is 2.12. The summed E-state index contributed by atoms with van der Waals surface area (Å²) in [5.41, 5.74) is 0. The van der Waals surface area contributed by atoms with Crippen molar-refractivity contribution in [2.75, 3.05) is 0 Å². The molecule has 0 aliphatic heterocycles. The molecule has 7 heteroatoms. The first kappa shape index (κ1) is 22.1. The van der Waals surface area contributed by atoms with E-state index in [1.54, 1.807) is 0 Å². The van der Waals surface area contributed by atoms with Gasteiger partial charge in [0.2, 0.25) is 0 Å². The summed E-state index contributed by atoms with van der Waals surface area (Å²) in [5.74, 6) is 0. The molecule has 0 amide bonds. The lowest BCUT2D eigenvalue weighted by molar-refractivity contribution is 0.0114. The van der Waals surface area contributed by atoms with Gasteiger partial charge in [-0.25, -0.2) is 0 Å². The molecule has 0 aliphatic rings. The molecule has 20 heavy (non-hydrogen) atoms. The molecule has 0 heterocycles. The molecular formula is C13H30O6S. The third-order valence-electron chi connectivity index (χ3n) is 2.97. The lowest BCUT2D eigenvalue weighted by Gasteiger charge is -2.15. The average molecular weight is 314 g/mol. The molecule has 0 saturated carbocycles. The predicted octanol–water partition coefficient (Wildman–Crippen LogP) is 2.61. The Morgan fingerprint density at radius 2 is 1.20 bits per heavy atom. The first-order valence-corrected chi connectivity index (χ1v) is 8.68. The normalized spacial score (nSPS) is 14.3. The van der Waals surface area contributed by atoms with Gasteiger partial charge in [0.25, 0.3) is 0 Å². The quantitative estimate of drug-likeness (QED) is 0.364. The molecule has 0 radical (unpaired) electrons. The third kappa shape index (κ3) is 22.9. The summed E-state index contributed by atoms with van der Waals surface area (Å²) >= 11 is 0. The lowest BCUT2D eigenvalue weighted by atomic mass is 10.0. The van der Waals surface area contributed by atoms with Gasteiger partial charge >= 0.3 is 10.4 Å². The van der Waals surface area contributed by atoms with E-state index in [1.165, 1.54) is 38.5 Å². The fourth-order valence-corrected chi connectivity index (χ4v) is 1.78. The van der Waals surface area contributed by atoms with Gasteiger partial charge in [-0.3, -0.25) is 9.11 Å². The number of aliphatic hydroxyl groups excluding tert-OH is 2. The molecule has 0 aliphatic carbocycles. The summed E-state index contributed by atoms with van der Waals surface area (Å²) in [4.78, 5) is 0. The van der Waals surface area contributed by atoms with Gasteiger partial charge in [0.15, 0.2) is 0 Å². The maximum Gasteiger partial charge on any atom is 0.394 e. The molecule has 0 rings (SSSR count). The van der Waals surface area contributed by atoms with Crippen molar-refractivity contribution in [1.29, 1.82) is 0 Å². The fraction of sp³-hybridized carbons (Fsp3) is 1.00. The lowest BCUT2D eigenvalue weighted by Crippen LogP contribution is -2.24. The highest BCUT2D eigenvalue weighted by molar-refractivity contribution is 7.79. The van der Waals surface area contributed by atoms with Gasteiger partial charge in [0, 0.05) is 0 Å². The summed E-state index contributed by atoms with van der Waals surface area (Å²) in [7, 11) is -4.67. The van der Waals surface area contributed by atoms with E-state index in [1.807, 2.05) is 6.92 Å². The topological polar surface area (TPSA) is 115 Å². The Morgan fingerprint density at radius 1 is 0.800 bits per heavy atom. The second kappa shape index (κ2) is 13.8. The van der Waals surface area contributed by atoms with E-state index in [4.69, 9.17) is 17.5 Å². The molecule has 6 nitrogen and oxygen atoms in total. The summed E-state index contributed by atoms with van der Waals surface area (Å²) in [6.45, 7) is 4.13. The molecule has 4 N–H and O–H groups in total. The van der Waals surface area contributed by atoms with Crippen molar-refractivity contribution in [2.24, 2.45) is 0 Å². The monoisotopic (exact) mass is 314 g/mol. The first-order chi connectivity index (χ1) is 9.22. The number of aliphatic hydroxyl groups is 2. The van der Waals surface area contributed by atoms with E-state index in [0.29, 0.717) is 6.42 Å². The molecular weight excluding hydrogens is 284 g/mol. The van der Waals surface area contributed by atoms with Crippen molar-refractivity contribution in [3.8, 4) is 0 Å². The maximum absolute atomic E-state index is 9.51. The van der Waals surface area contributed by atoms with Crippen molar-refractivity contribution in [2.45, 2.75) is 83.8 Å². The Hall–Kier alpha value is -0.210. The van der Waals surface area contributed by atoms with Crippen LogP contribution in [0.15, 0.2) is 0 Å². The first-order valence-electron chi connectivity index (χ1n) is 7.28. The number of hydrogen-bond donors (Lipinski definition) is 4. The molecule has 0 fully saturated rings. The predicted molar refractivity (Wildman–Crippen MR) is 79.1 cm³/mol. The van der Waals surface area contributed by atoms with Crippen molar-refractivity contribution in [1.82, 2.24) is 0 Å². The molecule has 0 aromatic rings. The molecule has 0 aromatic heterocycles. The average Bonchev–Trinajstić information content (AvgIpc) is 2.34. The van der Waals surface area contributed by atoms with Gasteiger partial charge in [-0.1, -0.05) is 58.8 Å². The summed E-state index contributed by atoms with van der Waals surface area (Å²) in [5, 5.41) is 18.9. The van der Waals surface area contributed by atoms with Crippen LogP contribution in [-0.2, 0) is 10.4 Å². The zero-order chi connectivity index (χ0) is 16.0. The van der Waals surface area contributed by atoms with Crippen LogP contribution in [0.3, 0.4) is 0 Å². The van der Waals surface area contributed by atoms with Crippen molar-refractivity contribution in [3.63, 3.8) is 0 Å². The van der Waals surface area contributed by atoms with Crippen molar-refractivity contribution >= 4 is 10.4 Å². The van der Waals surface area contributed by atoms with Crippen LogP contribution in [0.5, 0.6) is 0 Å². The maximum atomic E-state index is 9.51. The number of hydrogen-bond acceptors (Lipinski definition) is 4. The van der Waals surface area contributed by atoms with Crippen LogP contribution in [0.4, 0.5) is 0 Å². The smallest absolute Gasteiger partial charge is 0.390 e. The molecule has 0 aromatic carbocycles. The van der Waals surface area contributed by atoms with Crippen LogP contribution in [-0.4, -0.2) is 39.9 Å². The zero-order valence-electron chi connectivity index (χ0n) is 12.5. The minimum absolute atomic E-state index is 0.509. The largest absolute Gasteiger partial charge is 0.394 e. The van der Waals surface area contributed by atoms with Crippen molar-refractivity contribution in [3.05, 3.63) is 0 Å². The molecule has 0 saturated heterocycles. The van der Waals surface area contributed by atoms with E-state index in [0.717, 1.165) is 12.8 Å². The van der Waals surface area contributed by atoms with Crippen LogP contribution >= 0.6 is 0 Å². The standard InChI is InChI=1S/C13H28O2.H2O4S/c1-3-5-6-7-8-9-10-11-13(15)12(14)4-2;1-5(2,3)4/h12-15H,3-11H2,1-2H3;(H2,1,2,3,4). The van der Waals surface area contributed by atoms with Gasteiger partial charge in [-0.15, -0.1) is 0 Å². The summed E-state index contributed by atoms with van der Waals surface area (Å²) in [6, 6.07) is 0. The Morgan fingerprint density at radius 3 is 1.60 bits per heavy atom. The minimum Gasteiger partial charge on any atom is -0.390 e. The van der Waals surface area contributed by atoms with Crippen LogP contribution < -0.4 is 0 Å². The highest BCUT2D eigenvalue weighted by atomic mass is 32.3. The van der Waals surface area contributed by atoms with Crippen LogP contribution in [0.25, 0.3) is 0 Å². The Balaban J connectivity index is 0. The SMILES string of the molecule is CCCCCCCCCC(O)C(O)CC.O=S(=O)(O)O. The Kier molecular flexibility index (Phi) is 15.2. The summed E-state index contributed by atoms with van der Waals surface area (Å²) < 4.78 is 31.6. The molecule has 2 atom stereocenters. The van der Waals surface area contributed by atoms with Gasteiger partial charge in [0.05, 0.1) is 12.2 Å². The number of unbranched alkanes of at least 4 members (excludes halogenated alkanes) is 6. The van der Waals surface area contributed by atoms with E-state index in [9.17, 15) is 10.2 Å². The van der Waals surface area contributed by atoms with Crippen LogP contribution in [0.1, 0.15) is 71.6 Å². The van der Waals surface area contributed by atoms with E-state index in [-0.39, 0.29) is 0 Å². The van der Waals surface area contributed by atoms with Gasteiger partial charge in [-0.2, -0.15) is 8.42 Å². The second-order valence-electron chi connectivity index (χ2n) is 4.90. The third-order valence-corrected chi connectivity index (χ3v) is 2.97. The minimum atomic E-state index is -4.67. The Bertz CT molecular complexity index is 283. The Labute approximate surface area is 122 Å². The second-order valence-corrected chi connectivity index (χ2v) is 5.80. The molecule has 0 bridgehead atoms. The van der Waals surface area contributed by atoms with Crippen LogP contribution in [0, 0.1) is 0 Å². The van der Waals surface area contributed by atoms with Crippen LogP contribution in [0.2, 0.25) is 0 Å². The van der Waals surface area contributed by atoms with E-state index < -0.39 is 22.6 Å². The highest BCUT2D eigenvalue weighted by Crippen LogP contribution is 2.12.